The number of quaternary nitrogens is 1. The Balaban J connectivity index is 1.82. The third-order valence-corrected chi connectivity index (χ3v) is 3.65. The van der Waals surface area contributed by atoms with Gasteiger partial charge in [0.25, 0.3) is 0 Å². The van der Waals surface area contributed by atoms with E-state index in [1.165, 1.54) is 25.8 Å². The summed E-state index contributed by atoms with van der Waals surface area (Å²) < 4.78 is 5.66. The minimum Gasteiger partial charge on any atom is -0.376 e. The SMILES string of the molecule is CCC[NH+]1CNC(=S)N(C[C@@H]2CCCO2)C1. The van der Waals surface area contributed by atoms with Gasteiger partial charge >= 0.3 is 0 Å². The fourth-order valence-corrected chi connectivity index (χ4v) is 2.62. The molecule has 0 aromatic rings. The number of ether oxygens (including phenoxy) is 1. The van der Waals surface area contributed by atoms with E-state index in [9.17, 15) is 0 Å². The van der Waals surface area contributed by atoms with E-state index in [0.29, 0.717) is 6.10 Å². The Kier molecular flexibility index (Phi) is 4.37. The van der Waals surface area contributed by atoms with Crippen LogP contribution >= 0.6 is 12.2 Å². The van der Waals surface area contributed by atoms with Crippen LogP contribution in [0.25, 0.3) is 0 Å². The summed E-state index contributed by atoms with van der Waals surface area (Å²) in [5.74, 6) is 0. The molecule has 2 N–H and O–H groups in total. The normalized spacial score (nSPS) is 30.6. The largest absolute Gasteiger partial charge is 0.376 e. The Morgan fingerprint density at radius 2 is 2.50 bits per heavy atom. The van der Waals surface area contributed by atoms with E-state index in [4.69, 9.17) is 17.0 Å². The average molecular weight is 244 g/mol. The van der Waals surface area contributed by atoms with Gasteiger partial charge in [0.2, 0.25) is 0 Å². The molecule has 0 amide bonds. The third kappa shape index (κ3) is 3.06. The summed E-state index contributed by atoms with van der Waals surface area (Å²) in [7, 11) is 0. The molecule has 2 rings (SSSR count). The van der Waals surface area contributed by atoms with Crippen LogP contribution in [-0.4, -0.2) is 49.2 Å². The Bertz CT molecular complexity index is 243. The smallest absolute Gasteiger partial charge is 0.177 e. The molecule has 0 aromatic carbocycles. The second kappa shape index (κ2) is 5.80. The summed E-state index contributed by atoms with van der Waals surface area (Å²) in [6.07, 6.45) is 3.99. The van der Waals surface area contributed by atoms with Gasteiger partial charge < -0.3 is 15.0 Å². The van der Waals surface area contributed by atoms with Crippen molar-refractivity contribution < 1.29 is 9.64 Å². The van der Waals surface area contributed by atoms with E-state index in [1.807, 2.05) is 0 Å². The Morgan fingerprint density at radius 3 is 3.19 bits per heavy atom. The molecule has 5 heteroatoms. The second-order valence-corrected chi connectivity index (χ2v) is 5.06. The van der Waals surface area contributed by atoms with Crippen LogP contribution in [-0.2, 0) is 4.74 Å². The molecule has 0 saturated carbocycles. The maximum atomic E-state index is 5.66. The van der Waals surface area contributed by atoms with Crippen LogP contribution in [0.2, 0.25) is 0 Å². The molecule has 0 bridgehead atoms. The van der Waals surface area contributed by atoms with E-state index >= 15 is 0 Å². The van der Waals surface area contributed by atoms with Crippen LogP contribution in [0, 0.1) is 0 Å². The molecule has 2 fully saturated rings. The summed E-state index contributed by atoms with van der Waals surface area (Å²) in [4.78, 5) is 3.83. The molecular formula is C11H22N3OS+. The van der Waals surface area contributed by atoms with Crippen molar-refractivity contribution in [2.24, 2.45) is 0 Å². The van der Waals surface area contributed by atoms with Gasteiger partial charge in [0.1, 0.15) is 0 Å². The number of hydrogen-bond donors (Lipinski definition) is 2. The summed E-state index contributed by atoms with van der Waals surface area (Å²) >= 11 is 5.34. The standard InChI is InChI=1S/C11H21N3OS/c1-2-5-13-8-12-11(16)14(9-13)7-10-4-3-6-15-10/h10H,2-9H2,1H3,(H,12,16)/p+1/t10-/m0/s1. The maximum absolute atomic E-state index is 5.66. The lowest BCUT2D eigenvalue weighted by molar-refractivity contribution is -0.914. The summed E-state index contributed by atoms with van der Waals surface area (Å²) in [5, 5.41) is 4.20. The lowest BCUT2D eigenvalue weighted by Crippen LogP contribution is -3.17. The predicted molar refractivity (Wildman–Crippen MR) is 67.3 cm³/mol. The van der Waals surface area contributed by atoms with Crippen molar-refractivity contribution in [3.05, 3.63) is 0 Å². The number of thiocarbonyl (C=S) groups is 1. The maximum Gasteiger partial charge on any atom is 0.177 e. The molecule has 92 valence electrons. The van der Waals surface area contributed by atoms with E-state index in [-0.39, 0.29) is 0 Å². The number of rotatable bonds is 4. The first-order valence-electron chi connectivity index (χ1n) is 6.27. The monoisotopic (exact) mass is 244 g/mol. The minimum atomic E-state index is 0.390. The van der Waals surface area contributed by atoms with Gasteiger partial charge in [-0.2, -0.15) is 0 Å². The van der Waals surface area contributed by atoms with Crippen LogP contribution < -0.4 is 10.2 Å². The molecule has 1 unspecified atom stereocenters. The van der Waals surface area contributed by atoms with Gasteiger partial charge in [-0.3, -0.25) is 4.90 Å². The second-order valence-electron chi connectivity index (χ2n) is 4.67. The lowest BCUT2D eigenvalue weighted by atomic mass is 10.2. The minimum absolute atomic E-state index is 0.390. The number of hydrogen-bond acceptors (Lipinski definition) is 2. The molecule has 2 aliphatic rings. The van der Waals surface area contributed by atoms with Crippen molar-refractivity contribution >= 4 is 17.3 Å². The Morgan fingerprint density at radius 1 is 1.62 bits per heavy atom. The zero-order valence-electron chi connectivity index (χ0n) is 10.00. The summed E-state index contributed by atoms with van der Waals surface area (Å²) in [5.41, 5.74) is 0. The zero-order chi connectivity index (χ0) is 11.4. The first kappa shape index (κ1) is 12.1. The third-order valence-electron chi connectivity index (χ3n) is 3.24. The van der Waals surface area contributed by atoms with Crippen molar-refractivity contribution in [1.82, 2.24) is 10.2 Å². The average Bonchev–Trinajstić information content (AvgIpc) is 2.76. The fourth-order valence-electron chi connectivity index (χ4n) is 2.41. The molecule has 2 aliphatic heterocycles. The molecule has 0 aromatic heterocycles. The molecule has 0 aliphatic carbocycles. The molecule has 2 heterocycles. The Labute approximate surface area is 103 Å². The van der Waals surface area contributed by atoms with E-state index < -0.39 is 0 Å². The van der Waals surface area contributed by atoms with Crippen LogP contribution in [0.3, 0.4) is 0 Å². The molecular weight excluding hydrogens is 222 g/mol. The van der Waals surface area contributed by atoms with Gasteiger partial charge in [0.05, 0.1) is 19.2 Å². The fraction of sp³-hybridized carbons (Fsp3) is 0.909. The highest BCUT2D eigenvalue weighted by atomic mass is 32.1. The highest BCUT2D eigenvalue weighted by Crippen LogP contribution is 2.13. The van der Waals surface area contributed by atoms with Crippen molar-refractivity contribution in [2.75, 3.05) is 33.0 Å². The van der Waals surface area contributed by atoms with E-state index in [2.05, 4.69) is 17.1 Å². The van der Waals surface area contributed by atoms with Crippen LogP contribution in [0.1, 0.15) is 26.2 Å². The van der Waals surface area contributed by atoms with E-state index in [1.54, 1.807) is 4.90 Å². The van der Waals surface area contributed by atoms with Gasteiger partial charge in [-0.15, -0.1) is 0 Å². The van der Waals surface area contributed by atoms with Crippen LogP contribution in [0.15, 0.2) is 0 Å². The topological polar surface area (TPSA) is 28.9 Å². The quantitative estimate of drug-likeness (QED) is 0.657. The van der Waals surface area contributed by atoms with Gasteiger partial charge in [0, 0.05) is 6.61 Å². The first-order valence-corrected chi connectivity index (χ1v) is 6.68. The van der Waals surface area contributed by atoms with Crippen LogP contribution in [0.4, 0.5) is 0 Å². The first-order chi connectivity index (χ1) is 7.79. The van der Waals surface area contributed by atoms with Gasteiger partial charge in [-0.1, -0.05) is 6.92 Å². The molecule has 16 heavy (non-hydrogen) atoms. The van der Waals surface area contributed by atoms with Crippen molar-refractivity contribution in [3.63, 3.8) is 0 Å². The molecule has 4 nitrogen and oxygen atoms in total. The highest BCUT2D eigenvalue weighted by Gasteiger charge is 2.26. The van der Waals surface area contributed by atoms with Crippen LogP contribution in [0.5, 0.6) is 0 Å². The lowest BCUT2D eigenvalue weighted by Gasteiger charge is -2.36. The van der Waals surface area contributed by atoms with Crippen molar-refractivity contribution in [2.45, 2.75) is 32.3 Å². The molecule has 0 spiro atoms. The van der Waals surface area contributed by atoms with Crippen molar-refractivity contribution in [1.29, 1.82) is 0 Å². The van der Waals surface area contributed by atoms with Gasteiger partial charge in [-0.05, 0) is 31.5 Å². The van der Waals surface area contributed by atoms with Gasteiger partial charge in [0.15, 0.2) is 18.4 Å². The molecule has 2 saturated heterocycles. The van der Waals surface area contributed by atoms with Gasteiger partial charge in [-0.25, -0.2) is 0 Å². The summed E-state index contributed by atoms with van der Waals surface area (Å²) in [6.45, 7) is 7.31. The molecule has 2 atom stereocenters. The van der Waals surface area contributed by atoms with E-state index in [0.717, 1.165) is 31.6 Å². The zero-order valence-corrected chi connectivity index (χ0v) is 10.8. The Hall–Kier alpha value is -0.390. The summed E-state index contributed by atoms with van der Waals surface area (Å²) in [6, 6.07) is 0. The van der Waals surface area contributed by atoms with Crippen molar-refractivity contribution in [3.8, 4) is 0 Å². The predicted octanol–water partition coefficient (Wildman–Crippen LogP) is -0.435. The highest BCUT2D eigenvalue weighted by molar-refractivity contribution is 7.80. The molecule has 0 radical (unpaired) electrons. The number of nitrogens with one attached hydrogen (secondary N) is 2. The number of nitrogens with zero attached hydrogens (tertiary/aromatic N) is 1.